The Kier molecular flexibility index (Phi) is 5.67. The van der Waals surface area contributed by atoms with Gasteiger partial charge in [0, 0.05) is 18.7 Å². The van der Waals surface area contributed by atoms with Crippen LogP contribution in [0.15, 0.2) is 65.6 Å². The average Bonchev–Trinajstić information content (AvgIpc) is 3.20. The maximum atomic E-state index is 14.7. The number of aromatic nitrogens is 3. The summed E-state index contributed by atoms with van der Waals surface area (Å²) in [6.45, 7) is 2.84. The average molecular weight is 456 g/mol. The van der Waals surface area contributed by atoms with Crippen molar-refractivity contribution >= 4 is 17.5 Å². The molecule has 0 aliphatic rings. The molecule has 0 N–H and O–H groups in total. The molecule has 2 aromatic heterocycles. The number of hydrogen-bond acceptors (Lipinski definition) is 5. The lowest BCUT2D eigenvalue weighted by atomic mass is 10.0. The Bertz CT molecular complexity index is 1320. The number of benzene rings is 2. The summed E-state index contributed by atoms with van der Waals surface area (Å²) >= 11 is 0. The third kappa shape index (κ3) is 4.19. The van der Waals surface area contributed by atoms with Gasteiger partial charge in [-0.1, -0.05) is 28.9 Å². The van der Waals surface area contributed by atoms with Crippen LogP contribution in [0.2, 0.25) is 0 Å². The number of para-hydroxylation sites is 1. The molecule has 0 radical (unpaired) electrons. The number of rotatable bonds is 4. The minimum absolute atomic E-state index is 0.0133. The van der Waals surface area contributed by atoms with Crippen molar-refractivity contribution in [3.63, 3.8) is 0 Å². The van der Waals surface area contributed by atoms with Gasteiger partial charge < -0.3 is 4.52 Å². The molecule has 0 aliphatic carbocycles. The fourth-order valence-corrected chi connectivity index (χ4v) is 3.44. The van der Waals surface area contributed by atoms with Gasteiger partial charge in [0.25, 0.3) is 0 Å². The normalized spacial score (nSPS) is 11.5. The van der Waals surface area contributed by atoms with Crippen LogP contribution in [0.5, 0.6) is 0 Å². The van der Waals surface area contributed by atoms with Crippen molar-refractivity contribution in [1.82, 2.24) is 15.1 Å². The van der Waals surface area contributed by atoms with Crippen molar-refractivity contribution in [2.75, 3.05) is 4.90 Å². The van der Waals surface area contributed by atoms with E-state index in [2.05, 4.69) is 15.1 Å². The van der Waals surface area contributed by atoms with E-state index in [1.54, 1.807) is 13.0 Å². The van der Waals surface area contributed by atoms with Gasteiger partial charge in [0.05, 0.1) is 22.5 Å². The summed E-state index contributed by atoms with van der Waals surface area (Å²) in [5.41, 5.74) is -0.516. The second-order valence-electron chi connectivity index (χ2n) is 7.16. The molecule has 0 atom stereocenters. The first kappa shape index (κ1) is 22.1. The molecule has 10 heteroatoms. The van der Waals surface area contributed by atoms with Gasteiger partial charge in [-0.2, -0.15) is 13.2 Å². The molecule has 2 heterocycles. The quantitative estimate of drug-likeness (QED) is 0.355. The summed E-state index contributed by atoms with van der Waals surface area (Å²) in [4.78, 5) is 21.4. The SMILES string of the molecule is CC(=O)N(c1ccccc1C(F)(F)F)c1onc(-c2cc(C)ccc2F)c1-c1ccncn1. The molecule has 0 aliphatic heterocycles. The molecule has 0 saturated carbocycles. The topological polar surface area (TPSA) is 72.1 Å². The number of alkyl halides is 3. The number of hydrogen-bond donors (Lipinski definition) is 0. The van der Waals surface area contributed by atoms with Crippen LogP contribution in [0.4, 0.5) is 29.1 Å². The zero-order valence-corrected chi connectivity index (χ0v) is 17.4. The summed E-state index contributed by atoms with van der Waals surface area (Å²) in [6.07, 6.45) is -2.13. The zero-order valence-electron chi connectivity index (χ0n) is 17.4. The molecular weight excluding hydrogens is 440 g/mol. The van der Waals surface area contributed by atoms with E-state index in [1.165, 1.54) is 42.9 Å². The highest BCUT2D eigenvalue weighted by Crippen LogP contribution is 2.45. The van der Waals surface area contributed by atoms with E-state index in [0.717, 1.165) is 29.5 Å². The maximum Gasteiger partial charge on any atom is 0.418 e. The number of halogens is 4. The first-order valence-electron chi connectivity index (χ1n) is 9.68. The summed E-state index contributed by atoms with van der Waals surface area (Å²) in [7, 11) is 0. The third-order valence-corrected chi connectivity index (χ3v) is 4.86. The number of carbonyl (C=O) groups is 1. The predicted molar refractivity (Wildman–Crippen MR) is 112 cm³/mol. The third-order valence-electron chi connectivity index (χ3n) is 4.86. The predicted octanol–water partition coefficient (Wildman–Crippen LogP) is 5.95. The van der Waals surface area contributed by atoms with Crippen molar-refractivity contribution in [3.8, 4) is 22.5 Å². The summed E-state index contributed by atoms with van der Waals surface area (Å²) in [5, 5.41) is 3.93. The highest BCUT2D eigenvalue weighted by Gasteiger charge is 2.38. The lowest BCUT2D eigenvalue weighted by Gasteiger charge is -2.23. The molecule has 33 heavy (non-hydrogen) atoms. The van der Waals surface area contributed by atoms with Crippen LogP contribution in [0.25, 0.3) is 22.5 Å². The van der Waals surface area contributed by atoms with Crippen molar-refractivity contribution < 1.29 is 26.9 Å². The highest BCUT2D eigenvalue weighted by molar-refractivity contribution is 6.03. The molecule has 6 nitrogen and oxygen atoms in total. The molecule has 0 fully saturated rings. The Morgan fingerprint density at radius 1 is 1.09 bits per heavy atom. The lowest BCUT2D eigenvalue weighted by molar-refractivity contribution is -0.137. The molecule has 0 saturated heterocycles. The van der Waals surface area contributed by atoms with E-state index in [-0.39, 0.29) is 28.4 Å². The van der Waals surface area contributed by atoms with Crippen LogP contribution < -0.4 is 4.90 Å². The first-order valence-corrected chi connectivity index (χ1v) is 9.68. The van der Waals surface area contributed by atoms with E-state index >= 15 is 0 Å². The van der Waals surface area contributed by atoms with Gasteiger partial charge in [0.2, 0.25) is 11.8 Å². The van der Waals surface area contributed by atoms with Crippen LogP contribution >= 0.6 is 0 Å². The van der Waals surface area contributed by atoms with Crippen LogP contribution in [0.1, 0.15) is 18.1 Å². The second-order valence-corrected chi connectivity index (χ2v) is 7.16. The molecule has 0 spiro atoms. The number of anilines is 2. The molecule has 4 rings (SSSR count). The fraction of sp³-hybridized carbons (Fsp3) is 0.130. The molecule has 2 aromatic carbocycles. The largest absolute Gasteiger partial charge is 0.418 e. The monoisotopic (exact) mass is 456 g/mol. The van der Waals surface area contributed by atoms with Gasteiger partial charge in [-0.25, -0.2) is 19.3 Å². The second kappa shape index (κ2) is 8.45. The zero-order chi connectivity index (χ0) is 23.8. The molecule has 0 bridgehead atoms. The highest BCUT2D eigenvalue weighted by atomic mass is 19.4. The summed E-state index contributed by atoms with van der Waals surface area (Å²) in [6, 6.07) is 10.4. The van der Waals surface area contributed by atoms with Crippen LogP contribution in [-0.4, -0.2) is 21.0 Å². The molecular formula is C23H16F4N4O2. The Balaban J connectivity index is 2.03. The smallest absolute Gasteiger partial charge is 0.336 e. The van der Waals surface area contributed by atoms with Gasteiger partial charge >= 0.3 is 6.18 Å². The lowest BCUT2D eigenvalue weighted by Crippen LogP contribution is -2.26. The van der Waals surface area contributed by atoms with Gasteiger partial charge in [-0.05, 0) is 37.3 Å². The molecule has 0 unspecified atom stereocenters. The summed E-state index contributed by atoms with van der Waals surface area (Å²) in [5.74, 6) is -1.72. The number of carbonyl (C=O) groups excluding carboxylic acids is 1. The molecule has 4 aromatic rings. The van der Waals surface area contributed by atoms with E-state index < -0.39 is 29.2 Å². The van der Waals surface area contributed by atoms with Crippen molar-refractivity contribution in [3.05, 3.63) is 78.0 Å². The van der Waals surface area contributed by atoms with E-state index in [0.29, 0.717) is 0 Å². The number of nitrogens with zero attached hydrogens (tertiary/aromatic N) is 4. The van der Waals surface area contributed by atoms with Gasteiger partial charge in [0.1, 0.15) is 17.8 Å². The van der Waals surface area contributed by atoms with Crippen LogP contribution in [-0.2, 0) is 11.0 Å². The Labute approximate surface area is 185 Å². The maximum absolute atomic E-state index is 14.7. The van der Waals surface area contributed by atoms with Crippen molar-refractivity contribution in [2.45, 2.75) is 20.0 Å². The van der Waals surface area contributed by atoms with E-state index in [1.807, 2.05) is 0 Å². The van der Waals surface area contributed by atoms with Gasteiger partial charge in [0.15, 0.2) is 0 Å². The first-order chi connectivity index (χ1) is 15.7. The van der Waals surface area contributed by atoms with Crippen molar-refractivity contribution in [2.24, 2.45) is 0 Å². The minimum atomic E-state index is -4.75. The van der Waals surface area contributed by atoms with E-state index in [4.69, 9.17) is 4.52 Å². The number of aryl methyl sites for hydroxylation is 1. The fourth-order valence-electron chi connectivity index (χ4n) is 3.44. The molecule has 168 valence electrons. The van der Waals surface area contributed by atoms with Crippen LogP contribution in [0.3, 0.4) is 0 Å². The minimum Gasteiger partial charge on any atom is -0.336 e. The van der Waals surface area contributed by atoms with E-state index in [9.17, 15) is 22.4 Å². The standard InChI is InChI=1S/C23H16F4N4O2/c1-13-7-8-17(24)15(11-13)21-20(18-9-10-28-12-29-18)22(33-30-21)31(14(2)32)19-6-4-3-5-16(19)23(25,26)27/h3-12H,1-2H3. The Morgan fingerprint density at radius 2 is 1.85 bits per heavy atom. The summed E-state index contributed by atoms with van der Waals surface area (Å²) < 4.78 is 61.3. The Morgan fingerprint density at radius 3 is 2.52 bits per heavy atom. The van der Waals surface area contributed by atoms with Crippen molar-refractivity contribution in [1.29, 1.82) is 0 Å². The number of amides is 1. The Hall–Kier alpha value is -4.08. The van der Waals surface area contributed by atoms with Gasteiger partial charge in [-0.3, -0.25) is 4.79 Å². The van der Waals surface area contributed by atoms with Crippen LogP contribution in [0, 0.1) is 12.7 Å². The van der Waals surface area contributed by atoms with Gasteiger partial charge in [-0.15, -0.1) is 0 Å². The molecule has 1 amide bonds.